The molecule has 116 valence electrons. The average molecular weight is 301 g/mol. The molecule has 1 saturated heterocycles. The van der Waals surface area contributed by atoms with Crippen LogP contribution in [0.5, 0.6) is 0 Å². The maximum atomic E-state index is 12.7. The molecule has 1 aliphatic heterocycles. The van der Waals surface area contributed by atoms with E-state index in [2.05, 4.69) is 15.3 Å². The van der Waals surface area contributed by atoms with Gasteiger partial charge in [0.2, 0.25) is 0 Å². The van der Waals surface area contributed by atoms with Gasteiger partial charge in [0.25, 0.3) is 5.91 Å². The van der Waals surface area contributed by atoms with Crippen LogP contribution in [0.25, 0.3) is 0 Å². The molecule has 0 N–H and O–H groups in total. The first-order valence-corrected chi connectivity index (χ1v) is 7.89. The van der Waals surface area contributed by atoms with Crippen molar-refractivity contribution in [3.8, 4) is 0 Å². The van der Waals surface area contributed by atoms with E-state index in [-0.39, 0.29) is 11.9 Å². The number of aromatic nitrogens is 4. The highest BCUT2D eigenvalue weighted by atomic mass is 16.3. The van der Waals surface area contributed by atoms with Crippen LogP contribution in [0.1, 0.15) is 42.1 Å². The van der Waals surface area contributed by atoms with E-state index in [0.717, 1.165) is 25.8 Å². The standard InChI is InChI=1S/C15H19N5O2/c21-15(13-10-22-14(17-13)8-11-3-4-11)20-6-1-2-12(20)9-19-7-5-16-18-19/h5,7,10-12H,1-4,6,8-9H2/t12-/m0/s1. The van der Waals surface area contributed by atoms with Crippen molar-refractivity contribution in [2.24, 2.45) is 5.92 Å². The zero-order valence-electron chi connectivity index (χ0n) is 12.4. The van der Waals surface area contributed by atoms with E-state index in [1.54, 1.807) is 10.9 Å². The summed E-state index contributed by atoms with van der Waals surface area (Å²) in [6.07, 6.45) is 10.3. The largest absolute Gasteiger partial charge is 0.448 e. The molecule has 1 amide bonds. The molecule has 7 heteroatoms. The Morgan fingerprint density at radius 2 is 2.27 bits per heavy atom. The Bertz CT molecular complexity index is 647. The lowest BCUT2D eigenvalue weighted by molar-refractivity contribution is 0.0715. The molecular weight excluding hydrogens is 282 g/mol. The molecule has 2 aliphatic rings. The van der Waals surface area contributed by atoms with Gasteiger partial charge < -0.3 is 9.32 Å². The number of rotatable bonds is 5. The highest BCUT2D eigenvalue weighted by molar-refractivity contribution is 5.92. The van der Waals surface area contributed by atoms with Crippen molar-refractivity contribution < 1.29 is 9.21 Å². The van der Waals surface area contributed by atoms with E-state index < -0.39 is 0 Å². The van der Waals surface area contributed by atoms with Crippen molar-refractivity contribution in [3.05, 3.63) is 30.2 Å². The lowest BCUT2D eigenvalue weighted by atomic mass is 10.2. The fourth-order valence-corrected chi connectivity index (χ4v) is 3.06. The van der Waals surface area contributed by atoms with Crippen LogP contribution >= 0.6 is 0 Å². The molecular formula is C15H19N5O2. The predicted molar refractivity (Wildman–Crippen MR) is 77.0 cm³/mol. The number of hydrogen-bond acceptors (Lipinski definition) is 5. The Kier molecular flexibility index (Phi) is 3.40. The maximum Gasteiger partial charge on any atom is 0.276 e. The minimum atomic E-state index is -0.0339. The third-order valence-electron chi connectivity index (χ3n) is 4.44. The smallest absolute Gasteiger partial charge is 0.276 e. The second-order valence-electron chi connectivity index (χ2n) is 6.19. The van der Waals surface area contributed by atoms with Gasteiger partial charge in [0.05, 0.1) is 18.8 Å². The third kappa shape index (κ3) is 2.75. The number of nitrogens with zero attached hydrogens (tertiary/aromatic N) is 5. The summed E-state index contributed by atoms with van der Waals surface area (Å²) in [6, 6.07) is 0.151. The quantitative estimate of drug-likeness (QED) is 0.837. The fourth-order valence-electron chi connectivity index (χ4n) is 3.06. The molecule has 0 aromatic carbocycles. The summed E-state index contributed by atoms with van der Waals surface area (Å²) in [4.78, 5) is 18.9. The molecule has 2 fully saturated rings. The summed E-state index contributed by atoms with van der Waals surface area (Å²) < 4.78 is 7.23. The van der Waals surface area contributed by atoms with Gasteiger partial charge in [-0.25, -0.2) is 4.98 Å². The van der Waals surface area contributed by atoms with Gasteiger partial charge in [0.1, 0.15) is 6.26 Å². The monoisotopic (exact) mass is 301 g/mol. The first kappa shape index (κ1) is 13.5. The molecule has 0 spiro atoms. The van der Waals surface area contributed by atoms with Crippen molar-refractivity contribution >= 4 is 5.91 Å². The number of carbonyl (C=O) groups excluding carboxylic acids is 1. The van der Waals surface area contributed by atoms with Gasteiger partial charge in [-0.2, -0.15) is 0 Å². The minimum Gasteiger partial charge on any atom is -0.448 e. The van der Waals surface area contributed by atoms with E-state index in [0.29, 0.717) is 24.0 Å². The molecule has 4 rings (SSSR count). The summed E-state index contributed by atoms with van der Waals surface area (Å²) in [6.45, 7) is 1.45. The number of hydrogen-bond donors (Lipinski definition) is 0. The minimum absolute atomic E-state index is 0.0339. The van der Waals surface area contributed by atoms with E-state index in [9.17, 15) is 4.79 Å². The SMILES string of the molecule is O=C(c1coc(CC2CC2)n1)N1CCC[C@H]1Cn1ccnn1. The van der Waals surface area contributed by atoms with Gasteiger partial charge in [-0.1, -0.05) is 5.21 Å². The van der Waals surface area contributed by atoms with Crippen molar-refractivity contribution in [1.82, 2.24) is 24.9 Å². The second-order valence-corrected chi connectivity index (χ2v) is 6.19. The highest BCUT2D eigenvalue weighted by Gasteiger charge is 2.32. The summed E-state index contributed by atoms with van der Waals surface area (Å²) in [7, 11) is 0. The molecule has 0 radical (unpaired) electrons. The summed E-state index contributed by atoms with van der Waals surface area (Å²) in [5.41, 5.74) is 0.432. The van der Waals surface area contributed by atoms with Crippen molar-refractivity contribution in [1.29, 1.82) is 0 Å². The zero-order valence-corrected chi connectivity index (χ0v) is 12.4. The Morgan fingerprint density at radius 3 is 3.05 bits per heavy atom. The van der Waals surface area contributed by atoms with Crippen molar-refractivity contribution in [3.63, 3.8) is 0 Å². The molecule has 0 bridgehead atoms. The molecule has 1 atom stereocenters. The van der Waals surface area contributed by atoms with E-state index in [1.807, 2.05) is 11.1 Å². The maximum absolute atomic E-state index is 12.7. The summed E-state index contributed by atoms with van der Waals surface area (Å²) in [5, 5.41) is 7.80. The van der Waals surface area contributed by atoms with Gasteiger partial charge in [-0.05, 0) is 31.6 Å². The summed E-state index contributed by atoms with van der Waals surface area (Å²) >= 11 is 0. The van der Waals surface area contributed by atoms with Gasteiger partial charge in [-0.3, -0.25) is 9.48 Å². The van der Waals surface area contributed by atoms with Crippen molar-refractivity contribution in [2.45, 2.75) is 44.7 Å². The number of oxazole rings is 1. The third-order valence-corrected chi connectivity index (χ3v) is 4.44. The predicted octanol–water partition coefficient (Wildman–Crippen LogP) is 1.52. The van der Waals surface area contributed by atoms with E-state index in [4.69, 9.17) is 4.42 Å². The molecule has 1 saturated carbocycles. The Morgan fingerprint density at radius 1 is 1.36 bits per heavy atom. The summed E-state index contributed by atoms with van der Waals surface area (Å²) in [5.74, 6) is 1.36. The van der Waals surface area contributed by atoms with Crippen LogP contribution in [0.3, 0.4) is 0 Å². The second kappa shape index (κ2) is 5.55. The zero-order chi connectivity index (χ0) is 14.9. The van der Waals surface area contributed by atoms with Gasteiger partial charge in [0.15, 0.2) is 11.6 Å². The molecule has 7 nitrogen and oxygen atoms in total. The van der Waals surface area contributed by atoms with E-state index >= 15 is 0 Å². The van der Waals surface area contributed by atoms with Gasteiger partial charge >= 0.3 is 0 Å². The van der Waals surface area contributed by atoms with Crippen LogP contribution in [0, 0.1) is 5.92 Å². The Hall–Kier alpha value is -2.18. The first-order valence-electron chi connectivity index (χ1n) is 7.89. The van der Waals surface area contributed by atoms with Crippen LogP contribution in [-0.4, -0.2) is 43.4 Å². The molecule has 0 unspecified atom stereocenters. The topological polar surface area (TPSA) is 77.0 Å². The van der Waals surface area contributed by atoms with Crippen LogP contribution in [0.15, 0.2) is 23.1 Å². The Labute approximate surface area is 128 Å². The van der Waals surface area contributed by atoms with Gasteiger partial charge in [0, 0.05) is 19.2 Å². The number of carbonyl (C=O) groups is 1. The average Bonchev–Trinajstić information content (AvgIpc) is 2.97. The normalized spacial score (nSPS) is 21.5. The number of amides is 1. The van der Waals surface area contributed by atoms with Crippen LogP contribution in [-0.2, 0) is 13.0 Å². The molecule has 1 aliphatic carbocycles. The van der Waals surface area contributed by atoms with Crippen LogP contribution in [0.4, 0.5) is 0 Å². The first-order chi connectivity index (χ1) is 10.8. The van der Waals surface area contributed by atoms with Crippen LogP contribution in [0.2, 0.25) is 0 Å². The van der Waals surface area contributed by atoms with Crippen LogP contribution < -0.4 is 0 Å². The van der Waals surface area contributed by atoms with E-state index in [1.165, 1.54) is 19.1 Å². The fraction of sp³-hybridized carbons (Fsp3) is 0.600. The number of likely N-dealkylation sites (tertiary alicyclic amines) is 1. The molecule has 2 aromatic rings. The molecule has 2 aromatic heterocycles. The lowest BCUT2D eigenvalue weighted by Gasteiger charge is -2.23. The highest BCUT2D eigenvalue weighted by Crippen LogP contribution is 2.32. The Balaban J connectivity index is 1.44. The molecule has 3 heterocycles. The van der Waals surface area contributed by atoms with Crippen molar-refractivity contribution in [2.75, 3.05) is 6.54 Å². The molecule has 22 heavy (non-hydrogen) atoms. The lowest BCUT2D eigenvalue weighted by Crippen LogP contribution is -2.38. The van der Waals surface area contributed by atoms with Gasteiger partial charge in [-0.15, -0.1) is 5.10 Å².